The van der Waals surface area contributed by atoms with E-state index in [1.54, 1.807) is 12.1 Å². The number of halogens is 4. The zero-order chi connectivity index (χ0) is 13.3. The van der Waals surface area contributed by atoms with Gasteiger partial charge in [-0.05, 0) is 30.5 Å². The number of rotatable bonds is 3. The van der Waals surface area contributed by atoms with Crippen molar-refractivity contribution in [3.63, 3.8) is 0 Å². The Morgan fingerprint density at radius 3 is 2.72 bits per heavy atom. The Hall–Kier alpha value is -0.290. The molecule has 1 aromatic carbocycles. The Morgan fingerprint density at radius 1 is 1.39 bits per heavy atom. The van der Waals surface area contributed by atoms with Crippen LogP contribution < -0.4 is 0 Å². The summed E-state index contributed by atoms with van der Waals surface area (Å²) in [5.41, 5.74) is 0.555. The minimum atomic E-state index is -2.58. The molecule has 0 N–H and O–H groups in total. The summed E-state index contributed by atoms with van der Waals surface area (Å²) in [7, 11) is 0. The number of alkyl halides is 2. The van der Waals surface area contributed by atoms with Crippen molar-refractivity contribution in [1.82, 2.24) is 0 Å². The van der Waals surface area contributed by atoms with Crippen LogP contribution in [0.15, 0.2) is 27.1 Å². The molecule has 2 rings (SSSR count). The SMILES string of the molecule is O=C(CC1CCC(F)(F)C1)c1cc(Br)ccc1Br. The molecule has 0 radical (unpaired) electrons. The van der Waals surface area contributed by atoms with Gasteiger partial charge in [0.15, 0.2) is 5.78 Å². The van der Waals surface area contributed by atoms with Crippen LogP contribution >= 0.6 is 31.9 Å². The standard InChI is InChI=1S/C13H12Br2F2O/c14-9-1-2-11(15)10(6-9)12(18)5-8-3-4-13(16,17)7-8/h1-2,6,8H,3-5,7H2. The maximum Gasteiger partial charge on any atom is 0.248 e. The zero-order valence-corrected chi connectivity index (χ0v) is 12.7. The first kappa shape index (κ1) is 14.1. The highest BCUT2D eigenvalue weighted by Gasteiger charge is 2.40. The largest absolute Gasteiger partial charge is 0.294 e. The maximum absolute atomic E-state index is 13.1. The van der Waals surface area contributed by atoms with Crippen molar-refractivity contribution < 1.29 is 13.6 Å². The fourth-order valence-electron chi connectivity index (χ4n) is 2.30. The van der Waals surface area contributed by atoms with Crippen molar-refractivity contribution in [2.75, 3.05) is 0 Å². The highest BCUT2D eigenvalue weighted by molar-refractivity contribution is 9.11. The molecule has 1 fully saturated rings. The van der Waals surface area contributed by atoms with Crippen LogP contribution in [0.3, 0.4) is 0 Å². The van der Waals surface area contributed by atoms with Crippen LogP contribution in [-0.4, -0.2) is 11.7 Å². The predicted molar refractivity (Wildman–Crippen MR) is 73.1 cm³/mol. The van der Waals surface area contributed by atoms with E-state index >= 15 is 0 Å². The number of hydrogen-bond donors (Lipinski definition) is 0. The average Bonchev–Trinajstić information content (AvgIpc) is 2.61. The number of benzene rings is 1. The second kappa shape index (κ2) is 5.37. The Labute approximate surface area is 121 Å². The zero-order valence-electron chi connectivity index (χ0n) is 9.56. The molecule has 0 spiro atoms. The van der Waals surface area contributed by atoms with Gasteiger partial charge >= 0.3 is 0 Å². The molecule has 0 heterocycles. The predicted octanol–water partition coefficient (Wildman–Crippen LogP) is 5.22. The van der Waals surface area contributed by atoms with Crippen LogP contribution in [0.5, 0.6) is 0 Å². The average molecular weight is 382 g/mol. The summed E-state index contributed by atoms with van der Waals surface area (Å²) in [6.07, 6.45) is 0.379. The summed E-state index contributed by atoms with van der Waals surface area (Å²) in [4.78, 5) is 12.1. The molecule has 1 saturated carbocycles. The lowest BCUT2D eigenvalue weighted by atomic mass is 9.97. The van der Waals surface area contributed by atoms with Gasteiger partial charge in [0.05, 0.1) is 0 Å². The van der Waals surface area contributed by atoms with Gasteiger partial charge in [-0.15, -0.1) is 0 Å². The third kappa shape index (κ3) is 3.38. The molecule has 1 aliphatic rings. The first-order valence-electron chi connectivity index (χ1n) is 5.73. The molecule has 1 aromatic rings. The summed E-state index contributed by atoms with van der Waals surface area (Å²) in [5.74, 6) is -2.86. The van der Waals surface area contributed by atoms with Gasteiger partial charge in [0.25, 0.3) is 0 Å². The van der Waals surface area contributed by atoms with E-state index in [0.29, 0.717) is 16.5 Å². The number of carbonyl (C=O) groups is 1. The van der Waals surface area contributed by atoms with Crippen molar-refractivity contribution in [2.24, 2.45) is 5.92 Å². The van der Waals surface area contributed by atoms with E-state index in [9.17, 15) is 13.6 Å². The van der Waals surface area contributed by atoms with E-state index in [4.69, 9.17) is 0 Å². The second-order valence-electron chi connectivity index (χ2n) is 4.72. The molecular weight excluding hydrogens is 370 g/mol. The van der Waals surface area contributed by atoms with Crippen molar-refractivity contribution >= 4 is 37.6 Å². The summed E-state index contributed by atoms with van der Waals surface area (Å²) >= 11 is 6.62. The lowest BCUT2D eigenvalue weighted by Crippen LogP contribution is -2.12. The van der Waals surface area contributed by atoms with Gasteiger partial charge in [-0.2, -0.15) is 0 Å². The van der Waals surface area contributed by atoms with Crippen LogP contribution in [-0.2, 0) is 0 Å². The minimum absolute atomic E-state index is 0.0779. The Kier molecular flexibility index (Phi) is 4.22. The molecule has 0 bridgehead atoms. The monoisotopic (exact) mass is 380 g/mol. The van der Waals surface area contributed by atoms with Gasteiger partial charge in [0, 0.05) is 33.8 Å². The van der Waals surface area contributed by atoms with Crippen molar-refractivity contribution in [2.45, 2.75) is 31.6 Å². The smallest absolute Gasteiger partial charge is 0.248 e. The van der Waals surface area contributed by atoms with Crippen molar-refractivity contribution in [1.29, 1.82) is 0 Å². The second-order valence-corrected chi connectivity index (χ2v) is 6.49. The van der Waals surface area contributed by atoms with Gasteiger partial charge in [0.2, 0.25) is 5.92 Å². The molecule has 1 unspecified atom stereocenters. The fraction of sp³-hybridized carbons (Fsp3) is 0.462. The molecule has 0 aliphatic heterocycles. The summed E-state index contributed by atoms with van der Waals surface area (Å²) < 4.78 is 27.6. The van der Waals surface area contributed by atoms with Crippen LogP contribution in [0.4, 0.5) is 8.78 Å². The molecule has 0 saturated heterocycles. The molecule has 5 heteroatoms. The highest BCUT2D eigenvalue weighted by Crippen LogP contribution is 2.41. The van der Waals surface area contributed by atoms with E-state index in [1.807, 2.05) is 6.07 Å². The van der Waals surface area contributed by atoms with Gasteiger partial charge in [0.1, 0.15) is 0 Å². The lowest BCUT2D eigenvalue weighted by Gasteiger charge is -2.10. The highest BCUT2D eigenvalue weighted by atomic mass is 79.9. The third-order valence-electron chi connectivity index (χ3n) is 3.21. The van der Waals surface area contributed by atoms with E-state index in [2.05, 4.69) is 31.9 Å². The van der Waals surface area contributed by atoms with Gasteiger partial charge in [-0.3, -0.25) is 4.79 Å². The fourth-order valence-corrected chi connectivity index (χ4v) is 3.13. The molecule has 1 nitrogen and oxygen atoms in total. The van der Waals surface area contributed by atoms with Gasteiger partial charge in [-0.1, -0.05) is 31.9 Å². The molecule has 1 aliphatic carbocycles. The summed E-state index contributed by atoms with van der Waals surface area (Å²) in [5, 5.41) is 0. The van der Waals surface area contributed by atoms with Crippen LogP contribution in [0, 0.1) is 5.92 Å². The van der Waals surface area contributed by atoms with Gasteiger partial charge in [-0.25, -0.2) is 8.78 Å². The number of Topliss-reactive ketones (excluding diaryl/α,β-unsaturated/α-hetero) is 1. The van der Waals surface area contributed by atoms with E-state index in [1.165, 1.54) is 0 Å². The first-order chi connectivity index (χ1) is 8.37. The number of carbonyl (C=O) groups excluding carboxylic acids is 1. The summed E-state index contributed by atoms with van der Waals surface area (Å²) in [6.45, 7) is 0. The molecular formula is C13H12Br2F2O. The normalized spacial score (nSPS) is 22.1. The number of ketones is 1. The lowest BCUT2D eigenvalue weighted by molar-refractivity contribution is 0.00497. The molecule has 0 amide bonds. The first-order valence-corrected chi connectivity index (χ1v) is 7.32. The minimum Gasteiger partial charge on any atom is -0.294 e. The van der Waals surface area contributed by atoms with Crippen molar-refractivity contribution in [3.8, 4) is 0 Å². The van der Waals surface area contributed by atoms with E-state index in [0.717, 1.165) is 4.47 Å². The molecule has 18 heavy (non-hydrogen) atoms. The van der Waals surface area contributed by atoms with Gasteiger partial charge < -0.3 is 0 Å². The Balaban J connectivity index is 2.06. The molecule has 98 valence electrons. The quantitative estimate of drug-likeness (QED) is 0.656. The Bertz CT molecular complexity index is 474. The van der Waals surface area contributed by atoms with Crippen LogP contribution in [0.25, 0.3) is 0 Å². The Morgan fingerprint density at radius 2 is 2.11 bits per heavy atom. The van der Waals surface area contributed by atoms with E-state index in [-0.39, 0.29) is 31.0 Å². The summed E-state index contributed by atoms with van der Waals surface area (Å²) in [6, 6.07) is 5.32. The number of hydrogen-bond acceptors (Lipinski definition) is 1. The molecule has 1 atom stereocenters. The van der Waals surface area contributed by atoms with Crippen LogP contribution in [0.1, 0.15) is 36.0 Å². The molecule has 0 aromatic heterocycles. The maximum atomic E-state index is 13.1. The third-order valence-corrected chi connectivity index (χ3v) is 4.39. The van der Waals surface area contributed by atoms with Crippen LogP contribution in [0.2, 0.25) is 0 Å². The van der Waals surface area contributed by atoms with E-state index < -0.39 is 5.92 Å². The topological polar surface area (TPSA) is 17.1 Å². The van der Waals surface area contributed by atoms with Crippen molar-refractivity contribution in [3.05, 3.63) is 32.7 Å².